The number of urea groups is 1. The molecule has 0 radical (unpaired) electrons. The van der Waals surface area contributed by atoms with E-state index in [1.165, 1.54) is 11.9 Å². The Kier molecular flexibility index (Phi) is 5.23. The van der Waals surface area contributed by atoms with Crippen LogP contribution in [0.3, 0.4) is 0 Å². The minimum atomic E-state index is -0.434. The number of carbonyl (C=O) groups is 2. The van der Waals surface area contributed by atoms with Gasteiger partial charge in [0.2, 0.25) is 5.91 Å². The van der Waals surface area contributed by atoms with Gasteiger partial charge in [0, 0.05) is 18.8 Å². The van der Waals surface area contributed by atoms with Gasteiger partial charge in [0.05, 0.1) is 0 Å². The molecule has 1 heterocycles. The molecule has 0 aliphatic heterocycles. The molecule has 2 aromatic rings. The van der Waals surface area contributed by atoms with Crippen LogP contribution in [0.25, 0.3) is 0 Å². The maximum absolute atomic E-state index is 12.2. The van der Waals surface area contributed by atoms with Crippen LogP contribution >= 0.6 is 0 Å². The summed E-state index contributed by atoms with van der Waals surface area (Å²) in [5, 5.41) is 9.11. The van der Waals surface area contributed by atoms with Crippen LogP contribution < -0.4 is 10.6 Å². The van der Waals surface area contributed by atoms with Gasteiger partial charge < -0.3 is 14.7 Å². The van der Waals surface area contributed by atoms with Gasteiger partial charge in [0.15, 0.2) is 5.82 Å². The fourth-order valence-electron chi connectivity index (χ4n) is 2.47. The first-order valence-corrected chi connectivity index (χ1v) is 7.59. The van der Waals surface area contributed by atoms with Gasteiger partial charge in [-0.05, 0) is 38.8 Å². The van der Waals surface area contributed by atoms with Crippen molar-refractivity contribution in [1.82, 2.24) is 10.1 Å². The highest BCUT2D eigenvalue weighted by Gasteiger charge is 2.16. The SMILES string of the molecule is Cc1cc(C)c(NC(=O)CN(C)C(=O)Nc2cc(C)on2)c(C)c1. The maximum Gasteiger partial charge on any atom is 0.323 e. The highest BCUT2D eigenvalue weighted by atomic mass is 16.5. The molecule has 1 aromatic carbocycles. The highest BCUT2D eigenvalue weighted by molar-refractivity contribution is 5.97. The maximum atomic E-state index is 12.2. The number of nitrogens with one attached hydrogen (secondary N) is 2. The second-order valence-corrected chi connectivity index (χ2v) is 5.93. The molecule has 0 aliphatic rings. The summed E-state index contributed by atoms with van der Waals surface area (Å²) in [6.45, 7) is 7.55. The Labute approximate surface area is 141 Å². The molecule has 0 atom stereocenters. The van der Waals surface area contributed by atoms with E-state index in [0.717, 1.165) is 22.4 Å². The minimum Gasteiger partial charge on any atom is -0.360 e. The van der Waals surface area contributed by atoms with E-state index in [0.29, 0.717) is 11.6 Å². The van der Waals surface area contributed by atoms with Crippen molar-refractivity contribution in [3.63, 3.8) is 0 Å². The van der Waals surface area contributed by atoms with Crippen molar-refractivity contribution in [2.75, 3.05) is 24.2 Å². The quantitative estimate of drug-likeness (QED) is 0.902. The van der Waals surface area contributed by atoms with E-state index in [1.54, 1.807) is 13.0 Å². The van der Waals surface area contributed by atoms with Crippen LogP contribution in [0.5, 0.6) is 0 Å². The summed E-state index contributed by atoms with van der Waals surface area (Å²) >= 11 is 0. The molecule has 0 unspecified atom stereocenters. The Balaban J connectivity index is 1.95. The average Bonchev–Trinajstić information content (AvgIpc) is 2.87. The zero-order chi connectivity index (χ0) is 17.9. The number of aryl methyl sites for hydroxylation is 4. The van der Waals surface area contributed by atoms with Crippen LogP contribution in [0, 0.1) is 27.7 Å². The molecule has 0 fully saturated rings. The summed E-state index contributed by atoms with van der Waals surface area (Å²) in [7, 11) is 1.54. The minimum absolute atomic E-state index is 0.0740. The van der Waals surface area contributed by atoms with E-state index in [2.05, 4.69) is 15.8 Å². The van der Waals surface area contributed by atoms with Crippen LogP contribution in [-0.2, 0) is 4.79 Å². The Morgan fingerprint density at radius 3 is 2.25 bits per heavy atom. The molecule has 0 saturated carbocycles. The van der Waals surface area contributed by atoms with Crippen molar-refractivity contribution in [2.24, 2.45) is 0 Å². The number of amides is 3. The predicted octanol–water partition coefficient (Wildman–Crippen LogP) is 3.01. The van der Waals surface area contributed by atoms with Crippen LogP contribution in [0.1, 0.15) is 22.5 Å². The van der Waals surface area contributed by atoms with Crippen molar-refractivity contribution in [3.05, 3.63) is 40.6 Å². The lowest BCUT2D eigenvalue weighted by Crippen LogP contribution is -2.37. The zero-order valence-corrected chi connectivity index (χ0v) is 14.6. The number of carbonyl (C=O) groups excluding carboxylic acids is 2. The van der Waals surface area contributed by atoms with Gasteiger partial charge in [0.1, 0.15) is 12.3 Å². The Hall–Kier alpha value is -2.83. The number of hydrogen-bond donors (Lipinski definition) is 2. The summed E-state index contributed by atoms with van der Waals surface area (Å²) in [5.74, 6) is 0.644. The lowest BCUT2D eigenvalue weighted by Gasteiger charge is -2.18. The van der Waals surface area contributed by atoms with Gasteiger partial charge in [-0.25, -0.2) is 4.79 Å². The first-order valence-electron chi connectivity index (χ1n) is 7.59. The Morgan fingerprint density at radius 2 is 1.71 bits per heavy atom. The third-order valence-corrected chi connectivity index (χ3v) is 3.53. The molecule has 2 rings (SSSR count). The van der Waals surface area contributed by atoms with Crippen molar-refractivity contribution >= 4 is 23.4 Å². The van der Waals surface area contributed by atoms with E-state index >= 15 is 0 Å². The Morgan fingerprint density at radius 1 is 1.08 bits per heavy atom. The third kappa shape index (κ3) is 4.34. The van der Waals surface area contributed by atoms with Gasteiger partial charge in [-0.1, -0.05) is 22.9 Å². The molecule has 7 heteroatoms. The lowest BCUT2D eigenvalue weighted by molar-refractivity contribution is -0.116. The molecule has 3 amide bonds. The van der Waals surface area contributed by atoms with Gasteiger partial charge in [-0.3, -0.25) is 10.1 Å². The molecule has 24 heavy (non-hydrogen) atoms. The first-order chi connectivity index (χ1) is 11.3. The molecule has 0 spiro atoms. The third-order valence-electron chi connectivity index (χ3n) is 3.53. The first kappa shape index (κ1) is 17.5. The highest BCUT2D eigenvalue weighted by Crippen LogP contribution is 2.21. The summed E-state index contributed by atoms with van der Waals surface area (Å²) in [5.41, 5.74) is 3.91. The average molecular weight is 330 g/mol. The van der Waals surface area contributed by atoms with Crippen molar-refractivity contribution in [1.29, 1.82) is 0 Å². The standard InChI is InChI=1S/C17H22N4O3/c1-10-6-11(2)16(12(3)7-10)19-15(22)9-21(5)17(23)18-14-8-13(4)24-20-14/h6-8H,9H2,1-5H3,(H,19,22)(H,18,20,23). The van der Waals surface area contributed by atoms with E-state index in [1.807, 2.05) is 32.9 Å². The smallest absolute Gasteiger partial charge is 0.323 e. The van der Waals surface area contributed by atoms with Crippen LogP contribution in [0.15, 0.2) is 22.7 Å². The number of benzene rings is 1. The molecular weight excluding hydrogens is 308 g/mol. The number of hydrogen-bond acceptors (Lipinski definition) is 4. The lowest BCUT2D eigenvalue weighted by atomic mass is 10.1. The number of aromatic nitrogens is 1. The predicted molar refractivity (Wildman–Crippen MR) is 92.2 cm³/mol. The second-order valence-electron chi connectivity index (χ2n) is 5.93. The summed E-state index contributed by atoms with van der Waals surface area (Å²) in [6.07, 6.45) is 0. The number of likely N-dealkylation sites (N-methyl/N-ethyl adjacent to an activating group) is 1. The van der Waals surface area contributed by atoms with Crippen LogP contribution in [0.2, 0.25) is 0 Å². The zero-order valence-electron chi connectivity index (χ0n) is 14.6. The summed E-state index contributed by atoms with van der Waals surface area (Å²) in [6, 6.07) is 5.18. The van der Waals surface area contributed by atoms with Crippen LogP contribution in [0.4, 0.5) is 16.3 Å². The summed E-state index contributed by atoms with van der Waals surface area (Å²) < 4.78 is 4.88. The monoisotopic (exact) mass is 330 g/mol. The molecule has 0 aliphatic carbocycles. The molecule has 0 saturated heterocycles. The number of anilines is 2. The van der Waals surface area contributed by atoms with E-state index < -0.39 is 6.03 Å². The van der Waals surface area contributed by atoms with E-state index in [9.17, 15) is 9.59 Å². The van der Waals surface area contributed by atoms with Gasteiger partial charge in [-0.2, -0.15) is 0 Å². The van der Waals surface area contributed by atoms with Gasteiger partial charge in [-0.15, -0.1) is 0 Å². The molecule has 7 nitrogen and oxygen atoms in total. The van der Waals surface area contributed by atoms with Crippen molar-refractivity contribution in [3.8, 4) is 0 Å². The Bertz CT molecular complexity index is 744. The summed E-state index contributed by atoms with van der Waals surface area (Å²) in [4.78, 5) is 25.5. The number of nitrogens with zero attached hydrogens (tertiary/aromatic N) is 2. The van der Waals surface area contributed by atoms with E-state index in [4.69, 9.17) is 4.52 Å². The molecule has 0 bridgehead atoms. The molecule has 2 N–H and O–H groups in total. The second kappa shape index (κ2) is 7.16. The van der Waals surface area contributed by atoms with Crippen LogP contribution in [-0.4, -0.2) is 35.6 Å². The topological polar surface area (TPSA) is 87.5 Å². The fraction of sp³-hybridized carbons (Fsp3) is 0.353. The molecular formula is C17H22N4O3. The molecule has 128 valence electrons. The van der Waals surface area contributed by atoms with Gasteiger partial charge >= 0.3 is 6.03 Å². The number of rotatable bonds is 4. The van der Waals surface area contributed by atoms with E-state index in [-0.39, 0.29) is 12.5 Å². The molecule has 1 aromatic heterocycles. The van der Waals surface area contributed by atoms with Crippen molar-refractivity contribution < 1.29 is 14.1 Å². The normalized spacial score (nSPS) is 10.4. The largest absolute Gasteiger partial charge is 0.360 e. The van der Waals surface area contributed by atoms with Crippen molar-refractivity contribution in [2.45, 2.75) is 27.7 Å². The fourth-order valence-corrected chi connectivity index (χ4v) is 2.47. The van der Waals surface area contributed by atoms with Gasteiger partial charge in [0.25, 0.3) is 0 Å².